The molecule has 1 fully saturated rings. The topological polar surface area (TPSA) is 110 Å². The Hall–Kier alpha value is -3.08. The van der Waals surface area contributed by atoms with Gasteiger partial charge in [-0.05, 0) is 55.3 Å². The number of rotatable bonds is 7. The molecule has 0 bridgehead atoms. The van der Waals surface area contributed by atoms with Gasteiger partial charge >= 0.3 is 5.97 Å². The molecule has 0 saturated carbocycles. The maximum atomic E-state index is 13.3. The number of aromatic nitrogens is 2. The molecule has 0 radical (unpaired) electrons. The van der Waals surface area contributed by atoms with Crippen LogP contribution in [-0.4, -0.2) is 40.3 Å². The third-order valence-electron chi connectivity index (χ3n) is 5.46. The molecule has 0 aliphatic carbocycles. The molecule has 178 valence electrons. The smallest absolute Gasteiger partial charge is 0.339 e. The van der Waals surface area contributed by atoms with Crippen LogP contribution in [0.4, 0.5) is 4.39 Å². The fourth-order valence-electron chi connectivity index (χ4n) is 3.78. The van der Waals surface area contributed by atoms with E-state index in [9.17, 15) is 22.7 Å². The van der Waals surface area contributed by atoms with E-state index < -0.39 is 27.9 Å². The lowest BCUT2D eigenvalue weighted by molar-refractivity contribution is 0.0692. The van der Waals surface area contributed by atoms with E-state index in [-0.39, 0.29) is 35.1 Å². The first-order valence-electron chi connectivity index (χ1n) is 10.5. The fourth-order valence-corrected chi connectivity index (χ4v) is 5.62. The van der Waals surface area contributed by atoms with E-state index in [1.165, 1.54) is 22.6 Å². The zero-order valence-corrected chi connectivity index (χ0v) is 19.5. The Balaban J connectivity index is 1.66. The minimum absolute atomic E-state index is 0.0348. The molecule has 0 unspecified atom stereocenters. The molecule has 0 spiro atoms. The summed E-state index contributed by atoms with van der Waals surface area (Å²) in [5.41, 5.74) is -0.0308. The van der Waals surface area contributed by atoms with Crippen molar-refractivity contribution in [1.29, 1.82) is 0 Å². The number of carbonyl (C=O) groups is 1. The van der Waals surface area contributed by atoms with E-state index in [2.05, 4.69) is 9.97 Å². The van der Waals surface area contributed by atoms with E-state index in [1.54, 1.807) is 24.3 Å². The van der Waals surface area contributed by atoms with E-state index in [0.717, 1.165) is 18.6 Å². The third kappa shape index (κ3) is 5.19. The summed E-state index contributed by atoms with van der Waals surface area (Å²) in [6.07, 6.45) is 3.02. The molecule has 3 aromatic rings. The molecule has 0 amide bonds. The molecule has 2 heterocycles. The van der Waals surface area contributed by atoms with Gasteiger partial charge < -0.3 is 9.84 Å². The number of aromatic carboxylic acids is 1. The van der Waals surface area contributed by atoms with Crippen molar-refractivity contribution >= 4 is 27.6 Å². The predicted octanol–water partition coefficient (Wildman–Crippen LogP) is 4.46. The summed E-state index contributed by atoms with van der Waals surface area (Å²) in [4.78, 5) is 20.3. The highest BCUT2D eigenvalue weighted by atomic mass is 35.5. The molecular weight excluding hydrogens is 485 g/mol. The summed E-state index contributed by atoms with van der Waals surface area (Å²) >= 11 is 5.97. The average molecular weight is 506 g/mol. The largest absolute Gasteiger partial charge is 0.487 e. The van der Waals surface area contributed by atoms with Gasteiger partial charge in [-0.1, -0.05) is 24.1 Å². The van der Waals surface area contributed by atoms with Crippen molar-refractivity contribution in [3.63, 3.8) is 0 Å². The molecule has 11 heteroatoms. The van der Waals surface area contributed by atoms with Crippen molar-refractivity contribution in [2.75, 3.05) is 6.54 Å². The van der Waals surface area contributed by atoms with Crippen LogP contribution in [0.2, 0.25) is 5.02 Å². The molecule has 2 aromatic carbocycles. The lowest BCUT2D eigenvalue weighted by Crippen LogP contribution is -2.39. The first-order valence-corrected chi connectivity index (χ1v) is 12.3. The lowest BCUT2D eigenvalue weighted by atomic mass is 10.0. The maximum absolute atomic E-state index is 13.3. The van der Waals surface area contributed by atoms with Crippen LogP contribution in [0.15, 0.2) is 59.6 Å². The Morgan fingerprint density at radius 3 is 2.68 bits per heavy atom. The number of ether oxygens (including phenoxy) is 1. The molecule has 1 atom stereocenters. The number of sulfonamides is 1. The van der Waals surface area contributed by atoms with E-state index in [0.29, 0.717) is 23.6 Å². The van der Waals surface area contributed by atoms with Gasteiger partial charge in [-0.25, -0.2) is 27.6 Å². The quantitative estimate of drug-likeness (QED) is 0.504. The fraction of sp³-hybridized carbons (Fsp3) is 0.261. The Kier molecular flexibility index (Phi) is 7.11. The summed E-state index contributed by atoms with van der Waals surface area (Å²) < 4.78 is 46.9. The van der Waals surface area contributed by atoms with Crippen molar-refractivity contribution in [3.8, 4) is 5.75 Å². The van der Waals surface area contributed by atoms with E-state index in [4.69, 9.17) is 16.3 Å². The lowest BCUT2D eigenvalue weighted by Gasteiger charge is -2.33. The van der Waals surface area contributed by atoms with Crippen molar-refractivity contribution in [2.24, 2.45) is 0 Å². The van der Waals surface area contributed by atoms with E-state index >= 15 is 0 Å². The third-order valence-corrected chi connectivity index (χ3v) is 7.62. The number of nitrogens with zero attached hydrogens (tertiary/aromatic N) is 3. The maximum Gasteiger partial charge on any atom is 0.339 e. The molecule has 1 aliphatic rings. The van der Waals surface area contributed by atoms with Crippen LogP contribution in [0.5, 0.6) is 5.75 Å². The standard InChI is InChI=1S/C23H21ClFN3O5S/c24-15-4-3-5-17(12-15)33-14-20-19(23(29)30)13-26-22(27-20)21-6-1-2-11-28(21)34(31,32)18-9-7-16(25)8-10-18/h3-5,7-10,12-13,21H,1-2,6,11,14H2,(H,29,30)/t21-/m0/s1. The normalized spacial score (nSPS) is 16.8. The number of benzene rings is 2. The Morgan fingerprint density at radius 1 is 1.21 bits per heavy atom. The Morgan fingerprint density at radius 2 is 1.97 bits per heavy atom. The minimum atomic E-state index is -3.95. The van der Waals surface area contributed by atoms with Crippen LogP contribution in [0, 0.1) is 5.82 Å². The molecular formula is C23H21ClFN3O5S. The summed E-state index contributed by atoms with van der Waals surface area (Å²) in [6.45, 7) is 0.0672. The monoisotopic (exact) mass is 505 g/mol. The first-order chi connectivity index (χ1) is 16.3. The number of halogens is 2. The first kappa shape index (κ1) is 24.1. The van der Waals surface area contributed by atoms with Crippen molar-refractivity contribution in [1.82, 2.24) is 14.3 Å². The summed E-state index contributed by atoms with van der Waals surface area (Å²) in [5, 5.41) is 10.0. The predicted molar refractivity (Wildman–Crippen MR) is 122 cm³/mol. The summed E-state index contributed by atoms with van der Waals surface area (Å²) in [7, 11) is -3.95. The average Bonchev–Trinajstić information content (AvgIpc) is 2.83. The number of carboxylic acids is 1. The molecule has 1 saturated heterocycles. The Labute approximate surface area is 201 Å². The molecule has 4 rings (SSSR count). The van der Waals surface area contributed by atoms with Gasteiger partial charge in [0.15, 0.2) is 0 Å². The van der Waals surface area contributed by atoms with Gasteiger partial charge in [0, 0.05) is 17.8 Å². The second-order valence-electron chi connectivity index (χ2n) is 7.72. The van der Waals surface area contributed by atoms with Gasteiger partial charge in [0.2, 0.25) is 10.0 Å². The van der Waals surface area contributed by atoms with E-state index in [1.807, 2.05) is 0 Å². The molecule has 1 N–H and O–H groups in total. The molecule has 34 heavy (non-hydrogen) atoms. The number of hydrogen-bond acceptors (Lipinski definition) is 6. The van der Waals surface area contributed by atoms with Gasteiger partial charge in [0.05, 0.1) is 16.6 Å². The number of piperidine rings is 1. The van der Waals surface area contributed by atoms with Gasteiger partial charge in [0.25, 0.3) is 0 Å². The molecule has 1 aliphatic heterocycles. The molecule has 8 nitrogen and oxygen atoms in total. The van der Waals surface area contributed by atoms with Gasteiger partial charge in [0.1, 0.15) is 29.6 Å². The zero-order valence-electron chi connectivity index (χ0n) is 17.9. The van der Waals surface area contributed by atoms with Crippen LogP contribution in [-0.2, 0) is 16.6 Å². The van der Waals surface area contributed by atoms with Crippen molar-refractivity contribution in [3.05, 3.63) is 82.6 Å². The highest BCUT2D eigenvalue weighted by Crippen LogP contribution is 2.34. The van der Waals surface area contributed by atoms with Crippen LogP contribution in [0.1, 0.15) is 47.2 Å². The summed E-state index contributed by atoms with van der Waals surface area (Å²) in [6, 6.07) is 10.6. The second-order valence-corrected chi connectivity index (χ2v) is 10.0. The highest BCUT2D eigenvalue weighted by Gasteiger charge is 2.36. The van der Waals surface area contributed by atoms with Crippen LogP contribution >= 0.6 is 11.6 Å². The van der Waals surface area contributed by atoms with Gasteiger partial charge in [-0.15, -0.1) is 0 Å². The van der Waals surface area contributed by atoms with Gasteiger partial charge in [-0.3, -0.25) is 0 Å². The van der Waals surface area contributed by atoms with Crippen LogP contribution in [0.3, 0.4) is 0 Å². The van der Waals surface area contributed by atoms with Crippen LogP contribution < -0.4 is 4.74 Å². The van der Waals surface area contributed by atoms with Crippen molar-refractivity contribution < 1.29 is 27.4 Å². The molecule has 1 aromatic heterocycles. The van der Waals surface area contributed by atoms with Crippen LogP contribution in [0.25, 0.3) is 0 Å². The summed E-state index contributed by atoms with van der Waals surface area (Å²) in [5.74, 6) is -1.15. The van der Waals surface area contributed by atoms with Gasteiger partial charge in [-0.2, -0.15) is 4.31 Å². The zero-order chi connectivity index (χ0) is 24.3. The SMILES string of the molecule is O=C(O)c1cnc([C@@H]2CCCCN2S(=O)(=O)c2ccc(F)cc2)nc1COc1cccc(Cl)c1. The number of carboxylic acid groups (broad SMARTS) is 1. The number of hydrogen-bond donors (Lipinski definition) is 1. The minimum Gasteiger partial charge on any atom is -0.487 e. The Bertz CT molecular complexity index is 1300. The van der Waals surface area contributed by atoms with Crippen molar-refractivity contribution in [2.45, 2.75) is 36.8 Å². The highest BCUT2D eigenvalue weighted by molar-refractivity contribution is 7.89. The second kappa shape index (κ2) is 10.0.